The van der Waals surface area contributed by atoms with Crippen molar-refractivity contribution in [1.82, 2.24) is 0 Å². The molecule has 1 aliphatic rings. The lowest BCUT2D eigenvalue weighted by Crippen LogP contribution is -2.18. The molecule has 2 N–H and O–H groups in total. The molecule has 1 radical (unpaired) electrons. The van der Waals surface area contributed by atoms with Crippen molar-refractivity contribution < 1.29 is 4.74 Å². The van der Waals surface area contributed by atoms with Gasteiger partial charge in [0.2, 0.25) is 0 Å². The van der Waals surface area contributed by atoms with Gasteiger partial charge in [-0.05, 0) is 12.1 Å². The molecule has 0 aromatic heterocycles. The Balaban J connectivity index is 2.20. The van der Waals surface area contributed by atoms with Gasteiger partial charge < -0.3 is 10.5 Å². The zero-order valence-electron chi connectivity index (χ0n) is 8.10. The molecule has 2 aromatic carbocycles. The third kappa shape index (κ3) is 1.22. The molecule has 0 saturated carbocycles. The van der Waals surface area contributed by atoms with Crippen LogP contribution in [0, 0.1) is 6.04 Å². The summed E-state index contributed by atoms with van der Waals surface area (Å²) < 4.78 is 5.75. The summed E-state index contributed by atoms with van der Waals surface area (Å²) in [5.41, 5.74) is 8.03. The third-order valence-electron chi connectivity index (χ3n) is 2.57. The molecule has 0 unspecified atom stereocenters. The van der Waals surface area contributed by atoms with Crippen LogP contribution in [-0.2, 0) is 0 Å². The smallest absolute Gasteiger partial charge is 0.132 e. The van der Waals surface area contributed by atoms with E-state index < -0.39 is 0 Å². The maximum atomic E-state index is 6.09. The van der Waals surface area contributed by atoms with E-state index in [0.29, 0.717) is 0 Å². The van der Waals surface area contributed by atoms with Crippen LogP contribution in [-0.4, -0.2) is 0 Å². The number of hydrogen-bond donors (Lipinski definition) is 1. The zero-order valence-corrected chi connectivity index (χ0v) is 8.10. The van der Waals surface area contributed by atoms with Crippen LogP contribution in [0.25, 0.3) is 0 Å². The van der Waals surface area contributed by atoms with Crippen molar-refractivity contribution in [2.75, 3.05) is 0 Å². The topological polar surface area (TPSA) is 35.2 Å². The van der Waals surface area contributed by atoms with Crippen molar-refractivity contribution in [3.8, 4) is 11.5 Å². The third-order valence-corrected chi connectivity index (χ3v) is 2.57. The van der Waals surface area contributed by atoms with Crippen LogP contribution in [0.5, 0.6) is 11.5 Å². The predicted molar refractivity (Wildman–Crippen MR) is 58.6 cm³/mol. The Bertz CT molecular complexity index is 462. The van der Waals surface area contributed by atoms with Crippen LogP contribution in [0.3, 0.4) is 0 Å². The first kappa shape index (κ1) is 8.50. The fourth-order valence-corrected chi connectivity index (χ4v) is 1.82. The van der Waals surface area contributed by atoms with E-state index in [1.54, 1.807) is 0 Å². The van der Waals surface area contributed by atoms with Crippen LogP contribution in [0.1, 0.15) is 11.1 Å². The second kappa shape index (κ2) is 3.11. The lowest BCUT2D eigenvalue weighted by atomic mass is 9.96. The number of rotatable bonds is 0. The highest BCUT2D eigenvalue weighted by Crippen LogP contribution is 2.40. The van der Waals surface area contributed by atoms with Gasteiger partial charge in [-0.1, -0.05) is 36.4 Å². The first-order chi connectivity index (χ1) is 7.36. The Labute approximate surface area is 88.3 Å². The number of para-hydroxylation sites is 2. The maximum absolute atomic E-state index is 6.09. The molecule has 0 saturated heterocycles. The SMILES string of the molecule is N[C]1c2ccccc2Oc2ccccc21. The monoisotopic (exact) mass is 196 g/mol. The molecule has 1 aliphatic heterocycles. The number of fused-ring (bicyclic) bond motifs is 2. The van der Waals surface area contributed by atoms with E-state index in [9.17, 15) is 0 Å². The Morgan fingerprint density at radius 3 is 1.73 bits per heavy atom. The Morgan fingerprint density at radius 2 is 1.20 bits per heavy atom. The molecular weight excluding hydrogens is 186 g/mol. The molecule has 1 heterocycles. The maximum Gasteiger partial charge on any atom is 0.132 e. The van der Waals surface area contributed by atoms with Crippen LogP contribution >= 0.6 is 0 Å². The van der Waals surface area contributed by atoms with Crippen LogP contribution in [0.4, 0.5) is 0 Å². The minimum atomic E-state index is 0.785. The molecule has 0 aliphatic carbocycles. The van der Waals surface area contributed by atoms with Gasteiger partial charge in [0.25, 0.3) is 0 Å². The van der Waals surface area contributed by atoms with E-state index >= 15 is 0 Å². The zero-order chi connectivity index (χ0) is 10.3. The summed E-state index contributed by atoms with van der Waals surface area (Å²) in [6, 6.07) is 16.4. The Hall–Kier alpha value is -1.80. The van der Waals surface area contributed by atoms with E-state index in [1.165, 1.54) is 0 Å². The number of nitrogens with two attached hydrogens (primary N) is 1. The number of ether oxygens (including phenoxy) is 1. The van der Waals surface area contributed by atoms with E-state index in [4.69, 9.17) is 10.5 Å². The van der Waals surface area contributed by atoms with Crippen molar-refractivity contribution in [2.24, 2.45) is 5.73 Å². The molecule has 0 fully saturated rings. The van der Waals surface area contributed by atoms with Crippen LogP contribution in [0.15, 0.2) is 48.5 Å². The van der Waals surface area contributed by atoms with Gasteiger partial charge >= 0.3 is 0 Å². The largest absolute Gasteiger partial charge is 0.457 e. The first-order valence-electron chi connectivity index (χ1n) is 4.85. The van der Waals surface area contributed by atoms with Gasteiger partial charge in [0.05, 0.1) is 0 Å². The summed E-state index contributed by atoms with van der Waals surface area (Å²) in [5.74, 6) is 1.66. The Kier molecular flexibility index (Phi) is 1.76. The van der Waals surface area contributed by atoms with E-state index in [-0.39, 0.29) is 0 Å². The molecular formula is C13H10NO. The van der Waals surface area contributed by atoms with E-state index in [0.717, 1.165) is 28.7 Å². The van der Waals surface area contributed by atoms with Crippen LogP contribution in [0.2, 0.25) is 0 Å². The van der Waals surface area contributed by atoms with Crippen molar-refractivity contribution in [2.45, 2.75) is 0 Å². The quantitative estimate of drug-likeness (QED) is 0.703. The minimum absolute atomic E-state index is 0.785. The standard InChI is InChI=1S/C13H10NO/c14-13-9-5-1-3-7-11(9)15-12-8-4-2-6-10(12)13/h1-8H,14H2. The molecule has 0 amide bonds. The van der Waals surface area contributed by atoms with Crippen molar-refractivity contribution in [1.29, 1.82) is 0 Å². The molecule has 2 heteroatoms. The normalized spacial score (nSPS) is 13.9. The fraction of sp³-hybridized carbons (Fsp3) is 0. The highest BCUT2D eigenvalue weighted by Gasteiger charge is 2.23. The van der Waals surface area contributed by atoms with Crippen molar-refractivity contribution >= 4 is 0 Å². The van der Waals surface area contributed by atoms with Crippen molar-refractivity contribution in [3.05, 3.63) is 65.7 Å². The number of benzene rings is 2. The second-order valence-corrected chi connectivity index (χ2v) is 3.51. The summed E-state index contributed by atoms with van der Waals surface area (Å²) in [6.45, 7) is 0. The summed E-state index contributed by atoms with van der Waals surface area (Å²) in [7, 11) is 0. The van der Waals surface area contributed by atoms with Gasteiger partial charge in [-0.15, -0.1) is 0 Å². The van der Waals surface area contributed by atoms with E-state index in [1.807, 2.05) is 48.5 Å². The average Bonchev–Trinajstić information content (AvgIpc) is 2.30. The molecule has 73 valence electrons. The van der Waals surface area contributed by atoms with Gasteiger partial charge in [-0.3, -0.25) is 0 Å². The molecule has 2 nitrogen and oxygen atoms in total. The average molecular weight is 196 g/mol. The predicted octanol–water partition coefficient (Wildman–Crippen LogP) is 2.68. The molecule has 0 bridgehead atoms. The second-order valence-electron chi connectivity index (χ2n) is 3.51. The minimum Gasteiger partial charge on any atom is -0.457 e. The van der Waals surface area contributed by atoms with Gasteiger partial charge in [0.1, 0.15) is 17.5 Å². The van der Waals surface area contributed by atoms with E-state index in [2.05, 4.69) is 0 Å². The summed E-state index contributed by atoms with van der Waals surface area (Å²) in [6.07, 6.45) is 0. The molecule has 3 rings (SSSR count). The van der Waals surface area contributed by atoms with Gasteiger partial charge in [-0.2, -0.15) is 0 Å². The summed E-state index contributed by atoms with van der Waals surface area (Å²) in [5, 5.41) is 0. The first-order valence-corrected chi connectivity index (χ1v) is 4.85. The molecule has 0 spiro atoms. The Morgan fingerprint density at radius 1 is 0.733 bits per heavy atom. The molecule has 15 heavy (non-hydrogen) atoms. The highest BCUT2D eigenvalue weighted by atomic mass is 16.5. The fourth-order valence-electron chi connectivity index (χ4n) is 1.82. The lowest BCUT2D eigenvalue weighted by molar-refractivity contribution is 0.463. The highest BCUT2D eigenvalue weighted by molar-refractivity contribution is 5.60. The summed E-state index contributed by atoms with van der Waals surface area (Å²) in [4.78, 5) is 0. The molecule has 0 atom stereocenters. The van der Waals surface area contributed by atoms with Crippen LogP contribution < -0.4 is 10.5 Å². The van der Waals surface area contributed by atoms with Gasteiger partial charge in [0.15, 0.2) is 0 Å². The van der Waals surface area contributed by atoms with Gasteiger partial charge in [-0.25, -0.2) is 0 Å². The van der Waals surface area contributed by atoms with Gasteiger partial charge in [0, 0.05) is 11.1 Å². The lowest BCUT2D eigenvalue weighted by Gasteiger charge is -2.24. The number of hydrogen-bond acceptors (Lipinski definition) is 2. The van der Waals surface area contributed by atoms with Crippen molar-refractivity contribution in [3.63, 3.8) is 0 Å². The molecule has 2 aromatic rings. The summed E-state index contributed by atoms with van der Waals surface area (Å²) >= 11 is 0.